The van der Waals surface area contributed by atoms with Crippen LogP contribution in [0.1, 0.15) is 0 Å². The van der Waals surface area contributed by atoms with E-state index in [1.807, 2.05) is 0 Å². The Hall–Kier alpha value is -1.67. The van der Waals surface area contributed by atoms with Gasteiger partial charge in [-0.15, -0.1) is 11.3 Å². The molecule has 1 rings (SSSR count). The largest absolute Gasteiger partial charge is 0.352 e. The van der Waals surface area contributed by atoms with Crippen molar-refractivity contribution in [1.82, 2.24) is 10.3 Å². The van der Waals surface area contributed by atoms with Crippen molar-refractivity contribution in [2.45, 2.75) is 6.04 Å². The number of hydrogen-bond acceptors (Lipinski definition) is 5. The average molecular weight is 229 g/mol. The molecule has 3 amide bonds. The van der Waals surface area contributed by atoms with Crippen LogP contribution in [0.5, 0.6) is 0 Å². The predicted molar refractivity (Wildman–Crippen MR) is 56.3 cm³/mol. The normalized spacial score (nSPS) is 11.8. The highest BCUT2D eigenvalue weighted by Gasteiger charge is 2.14. The van der Waals surface area contributed by atoms with Crippen molar-refractivity contribution >= 4 is 28.4 Å². The van der Waals surface area contributed by atoms with Crippen molar-refractivity contribution in [2.24, 2.45) is 11.5 Å². The number of amides is 3. The van der Waals surface area contributed by atoms with E-state index in [4.69, 9.17) is 11.5 Å². The lowest BCUT2D eigenvalue weighted by Crippen LogP contribution is -2.46. The lowest BCUT2D eigenvalue weighted by Gasteiger charge is -2.10. The summed E-state index contributed by atoms with van der Waals surface area (Å²) in [6.07, 6.45) is 1.56. The second-order valence-corrected chi connectivity index (χ2v) is 3.57. The van der Waals surface area contributed by atoms with Crippen LogP contribution in [0.4, 0.5) is 9.93 Å². The number of thiazole rings is 1. The Morgan fingerprint density at radius 2 is 2.33 bits per heavy atom. The van der Waals surface area contributed by atoms with Gasteiger partial charge in [-0.2, -0.15) is 0 Å². The minimum Gasteiger partial charge on any atom is -0.352 e. The first-order valence-electron chi connectivity index (χ1n) is 4.09. The van der Waals surface area contributed by atoms with Gasteiger partial charge in [0.25, 0.3) is 0 Å². The zero-order valence-corrected chi connectivity index (χ0v) is 8.58. The molecule has 15 heavy (non-hydrogen) atoms. The molecule has 1 aromatic rings. The molecule has 1 aromatic heterocycles. The van der Waals surface area contributed by atoms with Crippen LogP contribution < -0.4 is 22.1 Å². The summed E-state index contributed by atoms with van der Waals surface area (Å²) in [5.41, 5.74) is 10.3. The van der Waals surface area contributed by atoms with Gasteiger partial charge in [0.05, 0.1) is 0 Å². The number of anilines is 1. The van der Waals surface area contributed by atoms with Crippen LogP contribution in [0.2, 0.25) is 0 Å². The summed E-state index contributed by atoms with van der Waals surface area (Å²) in [5.74, 6) is -0.418. The molecule has 0 aliphatic carbocycles. The van der Waals surface area contributed by atoms with E-state index in [1.165, 1.54) is 11.3 Å². The highest BCUT2D eigenvalue weighted by molar-refractivity contribution is 7.13. The Labute approximate surface area is 89.9 Å². The van der Waals surface area contributed by atoms with E-state index in [0.717, 1.165) is 0 Å². The third kappa shape index (κ3) is 3.92. The van der Waals surface area contributed by atoms with Gasteiger partial charge >= 0.3 is 6.03 Å². The molecular formula is C7H11N5O2S. The monoisotopic (exact) mass is 229 g/mol. The summed E-state index contributed by atoms with van der Waals surface area (Å²) in [4.78, 5) is 25.6. The second kappa shape index (κ2) is 5.27. The van der Waals surface area contributed by atoms with Crippen molar-refractivity contribution in [3.8, 4) is 0 Å². The van der Waals surface area contributed by atoms with Crippen LogP contribution >= 0.6 is 11.3 Å². The Balaban J connectivity index is 2.36. The van der Waals surface area contributed by atoms with E-state index in [1.54, 1.807) is 11.6 Å². The fourth-order valence-electron chi connectivity index (χ4n) is 0.787. The van der Waals surface area contributed by atoms with Gasteiger partial charge in [0.1, 0.15) is 6.04 Å². The van der Waals surface area contributed by atoms with Crippen molar-refractivity contribution in [2.75, 3.05) is 11.9 Å². The first-order chi connectivity index (χ1) is 7.09. The van der Waals surface area contributed by atoms with Gasteiger partial charge in [-0.3, -0.25) is 4.79 Å². The average Bonchev–Trinajstić information content (AvgIpc) is 2.66. The van der Waals surface area contributed by atoms with Gasteiger partial charge in [-0.1, -0.05) is 0 Å². The number of carbonyl (C=O) groups is 2. The molecule has 7 nitrogen and oxygen atoms in total. The molecule has 0 bridgehead atoms. The Kier molecular flexibility index (Phi) is 4.01. The van der Waals surface area contributed by atoms with E-state index in [-0.39, 0.29) is 6.54 Å². The third-order valence-electron chi connectivity index (χ3n) is 1.50. The second-order valence-electron chi connectivity index (χ2n) is 2.68. The van der Waals surface area contributed by atoms with Crippen molar-refractivity contribution in [3.63, 3.8) is 0 Å². The molecule has 8 heteroatoms. The molecule has 0 radical (unpaired) electrons. The van der Waals surface area contributed by atoms with Crippen LogP contribution in [0.15, 0.2) is 11.6 Å². The summed E-state index contributed by atoms with van der Waals surface area (Å²) in [6.45, 7) is -0.00740. The maximum absolute atomic E-state index is 11.4. The number of nitrogens with two attached hydrogens (primary N) is 2. The van der Waals surface area contributed by atoms with Crippen molar-refractivity contribution in [3.05, 3.63) is 11.6 Å². The molecule has 0 spiro atoms. The van der Waals surface area contributed by atoms with E-state index in [2.05, 4.69) is 15.6 Å². The van der Waals surface area contributed by atoms with Gasteiger partial charge in [-0.05, 0) is 0 Å². The standard InChI is InChI=1S/C7H11N5O2S/c8-4(3-11-6(9)14)5(13)12-7-10-1-2-15-7/h1-2,4H,3,8H2,(H3,9,11,14)(H,10,12,13)/t4-/m0/s1. The molecular weight excluding hydrogens is 218 g/mol. The molecule has 0 fully saturated rings. The van der Waals surface area contributed by atoms with Crippen LogP contribution in [-0.2, 0) is 4.79 Å². The Morgan fingerprint density at radius 3 is 2.87 bits per heavy atom. The maximum atomic E-state index is 11.4. The zero-order valence-electron chi connectivity index (χ0n) is 7.77. The molecule has 0 unspecified atom stereocenters. The molecule has 0 aromatic carbocycles. The lowest BCUT2D eigenvalue weighted by molar-refractivity contribution is -0.117. The summed E-state index contributed by atoms with van der Waals surface area (Å²) < 4.78 is 0. The highest BCUT2D eigenvalue weighted by Crippen LogP contribution is 2.09. The van der Waals surface area contributed by atoms with Gasteiger partial charge in [-0.25, -0.2) is 9.78 Å². The van der Waals surface area contributed by atoms with Gasteiger partial charge in [0.2, 0.25) is 5.91 Å². The molecule has 1 atom stereocenters. The first kappa shape index (κ1) is 11.4. The first-order valence-corrected chi connectivity index (χ1v) is 4.97. The molecule has 6 N–H and O–H groups in total. The maximum Gasteiger partial charge on any atom is 0.312 e. The minimum absolute atomic E-state index is 0.00740. The van der Waals surface area contributed by atoms with Gasteiger partial charge in [0, 0.05) is 18.1 Å². The van der Waals surface area contributed by atoms with E-state index < -0.39 is 18.0 Å². The van der Waals surface area contributed by atoms with Crippen LogP contribution in [-0.4, -0.2) is 29.5 Å². The topological polar surface area (TPSA) is 123 Å². The Morgan fingerprint density at radius 1 is 1.60 bits per heavy atom. The number of hydrogen-bond donors (Lipinski definition) is 4. The van der Waals surface area contributed by atoms with Crippen LogP contribution in [0.3, 0.4) is 0 Å². The summed E-state index contributed by atoms with van der Waals surface area (Å²) >= 11 is 1.28. The summed E-state index contributed by atoms with van der Waals surface area (Å²) in [7, 11) is 0. The van der Waals surface area contributed by atoms with Crippen molar-refractivity contribution in [1.29, 1.82) is 0 Å². The van der Waals surface area contributed by atoms with Crippen LogP contribution in [0.25, 0.3) is 0 Å². The molecule has 0 saturated heterocycles. The van der Waals surface area contributed by atoms with E-state index in [9.17, 15) is 9.59 Å². The predicted octanol–water partition coefficient (Wildman–Crippen LogP) is -0.923. The lowest BCUT2D eigenvalue weighted by atomic mass is 10.3. The number of rotatable bonds is 4. The third-order valence-corrected chi connectivity index (χ3v) is 2.18. The molecule has 1 heterocycles. The minimum atomic E-state index is -0.846. The highest BCUT2D eigenvalue weighted by atomic mass is 32.1. The van der Waals surface area contributed by atoms with E-state index >= 15 is 0 Å². The zero-order chi connectivity index (χ0) is 11.3. The Bertz CT molecular complexity index is 339. The summed E-state index contributed by atoms with van der Waals surface area (Å²) in [5, 5.41) is 6.93. The number of carbonyl (C=O) groups excluding carboxylic acids is 2. The number of nitrogens with zero attached hydrogens (tertiary/aromatic N) is 1. The van der Waals surface area contributed by atoms with Crippen LogP contribution in [0, 0.1) is 0 Å². The van der Waals surface area contributed by atoms with Gasteiger partial charge < -0.3 is 22.1 Å². The van der Waals surface area contributed by atoms with Crippen molar-refractivity contribution < 1.29 is 9.59 Å². The van der Waals surface area contributed by atoms with Gasteiger partial charge in [0.15, 0.2) is 5.13 Å². The molecule has 82 valence electrons. The summed E-state index contributed by atoms with van der Waals surface area (Å²) in [6, 6.07) is -1.56. The molecule has 0 saturated carbocycles. The van der Waals surface area contributed by atoms with E-state index in [0.29, 0.717) is 5.13 Å². The number of primary amides is 1. The fourth-order valence-corrected chi connectivity index (χ4v) is 1.32. The molecule has 0 aliphatic rings. The number of nitrogens with one attached hydrogen (secondary N) is 2. The quantitative estimate of drug-likeness (QED) is 0.533. The smallest absolute Gasteiger partial charge is 0.312 e. The number of aromatic nitrogens is 1. The molecule has 0 aliphatic heterocycles. The number of urea groups is 1. The SMILES string of the molecule is NC(=O)NC[C@H](N)C(=O)Nc1nccs1. The fraction of sp³-hybridized carbons (Fsp3) is 0.286.